The van der Waals surface area contributed by atoms with Gasteiger partial charge in [-0.1, -0.05) is 0 Å². The summed E-state index contributed by atoms with van der Waals surface area (Å²) in [6.45, 7) is 0. The maximum Gasteiger partial charge on any atom is 0.435 e. The molecule has 4 rings (SSSR count). The fourth-order valence-electron chi connectivity index (χ4n) is 3.14. The maximum absolute atomic E-state index is 12.7. The first-order valence-electron chi connectivity index (χ1n) is 6.84. The third-order valence-corrected chi connectivity index (χ3v) is 4.11. The van der Waals surface area contributed by atoms with Gasteiger partial charge >= 0.3 is 6.18 Å². The Bertz CT molecular complexity index is 684. The van der Waals surface area contributed by atoms with E-state index in [9.17, 15) is 13.2 Å². The number of fused-ring (bicyclic) bond motifs is 3. The molecule has 3 atom stereocenters. The molecule has 0 saturated carbocycles. The summed E-state index contributed by atoms with van der Waals surface area (Å²) in [7, 11) is 0. The lowest BCUT2D eigenvalue weighted by Gasteiger charge is -2.20. The Morgan fingerprint density at radius 2 is 2.19 bits per heavy atom. The number of alkyl halides is 3. The highest BCUT2D eigenvalue weighted by Gasteiger charge is 2.41. The zero-order valence-corrected chi connectivity index (χ0v) is 11.0. The first-order chi connectivity index (χ1) is 10.0. The highest BCUT2D eigenvalue weighted by molar-refractivity contribution is 5.68. The van der Waals surface area contributed by atoms with E-state index in [2.05, 4.69) is 15.4 Å². The predicted molar refractivity (Wildman–Crippen MR) is 67.9 cm³/mol. The zero-order valence-electron chi connectivity index (χ0n) is 11.0. The number of nitrogens with zero attached hydrogens (tertiary/aromatic N) is 3. The summed E-state index contributed by atoms with van der Waals surface area (Å²) in [4.78, 5) is 4.15. The number of rotatable bonds is 2. The van der Waals surface area contributed by atoms with Gasteiger partial charge in [0.05, 0.1) is 18.2 Å². The summed E-state index contributed by atoms with van der Waals surface area (Å²) in [5, 5.41) is 6.76. The molecule has 4 heterocycles. The fraction of sp³-hybridized carbons (Fsp3) is 0.538. The standard InChI is InChI=1S/C13H13F3N4O/c14-13(15,16)11-6-9-12(17-3-4-20(9)19-11)18-8-5-7-1-2-10(8)21-7/h3-4,6-8,10H,1-2,5H2,(H,17,18). The predicted octanol–water partition coefficient (Wildman–Crippen LogP) is 2.48. The van der Waals surface area contributed by atoms with Gasteiger partial charge in [-0.3, -0.25) is 0 Å². The van der Waals surface area contributed by atoms with Crippen molar-refractivity contribution < 1.29 is 17.9 Å². The Morgan fingerprint density at radius 3 is 2.86 bits per heavy atom. The first kappa shape index (κ1) is 12.9. The van der Waals surface area contributed by atoms with Crippen LogP contribution in [0.2, 0.25) is 0 Å². The Labute approximate surface area is 118 Å². The molecule has 2 aromatic rings. The zero-order chi connectivity index (χ0) is 14.6. The van der Waals surface area contributed by atoms with Crippen LogP contribution in [0.3, 0.4) is 0 Å². The van der Waals surface area contributed by atoms with Crippen LogP contribution in [0.4, 0.5) is 19.0 Å². The molecule has 0 aromatic carbocycles. The summed E-state index contributed by atoms with van der Waals surface area (Å²) in [6, 6.07) is 1.12. The number of hydrogen-bond acceptors (Lipinski definition) is 4. The van der Waals surface area contributed by atoms with Crippen molar-refractivity contribution in [1.82, 2.24) is 14.6 Å². The minimum Gasteiger partial charge on any atom is -0.373 e. The normalized spacial score (nSPS) is 28.4. The third-order valence-electron chi connectivity index (χ3n) is 4.11. The fourth-order valence-corrected chi connectivity index (χ4v) is 3.14. The van der Waals surface area contributed by atoms with Crippen LogP contribution in [-0.4, -0.2) is 32.8 Å². The molecule has 2 aliphatic heterocycles. The average Bonchev–Trinajstić information content (AvgIpc) is 3.12. The van der Waals surface area contributed by atoms with E-state index in [4.69, 9.17) is 4.74 Å². The Balaban J connectivity index is 1.67. The van der Waals surface area contributed by atoms with E-state index in [0.717, 1.165) is 25.3 Å². The minimum atomic E-state index is -4.46. The summed E-state index contributed by atoms with van der Waals surface area (Å²) in [5.74, 6) is 0.418. The molecule has 0 amide bonds. The lowest BCUT2D eigenvalue weighted by molar-refractivity contribution is -0.141. The molecule has 8 heteroatoms. The van der Waals surface area contributed by atoms with Crippen molar-refractivity contribution in [2.45, 2.75) is 43.7 Å². The van der Waals surface area contributed by atoms with E-state index in [1.165, 1.54) is 16.9 Å². The molecule has 0 aliphatic carbocycles. The second kappa shape index (κ2) is 4.33. The van der Waals surface area contributed by atoms with E-state index in [1.54, 1.807) is 0 Å². The van der Waals surface area contributed by atoms with Gasteiger partial charge < -0.3 is 10.1 Å². The molecule has 3 unspecified atom stereocenters. The van der Waals surface area contributed by atoms with Gasteiger partial charge in [0, 0.05) is 18.5 Å². The summed E-state index contributed by atoms with van der Waals surface area (Å²) in [5.41, 5.74) is -0.588. The quantitative estimate of drug-likeness (QED) is 0.925. The topological polar surface area (TPSA) is 51.5 Å². The van der Waals surface area contributed by atoms with Crippen molar-refractivity contribution in [3.63, 3.8) is 0 Å². The Kier molecular flexibility index (Phi) is 2.66. The number of halogens is 3. The molecule has 2 aromatic heterocycles. The van der Waals surface area contributed by atoms with Crippen molar-refractivity contribution in [3.05, 3.63) is 24.2 Å². The maximum atomic E-state index is 12.7. The molecular formula is C13H13F3N4O. The second-order valence-corrected chi connectivity index (χ2v) is 5.49. The lowest BCUT2D eigenvalue weighted by atomic mass is 9.95. The van der Waals surface area contributed by atoms with Gasteiger partial charge in [-0.25, -0.2) is 9.50 Å². The number of aromatic nitrogens is 3. The first-order valence-corrected chi connectivity index (χ1v) is 6.84. The number of anilines is 1. The largest absolute Gasteiger partial charge is 0.435 e. The van der Waals surface area contributed by atoms with Crippen molar-refractivity contribution in [2.24, 2.45) is 0 Å². The Morgan fingerprint density at radius 1 is 1.33 bits per heavy atom. The number of nitrogens with one attached hydrogen (secondary N) is 1. The van der Waals surface area contributed by atoms with Crippen LogP contribution in [0.5, 0.6) is 0 Å². The second-order valence-electron chi connectivity index (χ2n) is 5.49. The van der Waals surface area contributed by atoms with Gasteiger partial charge in [0.25, 0.3) is 0 Å². The number of hydrogen-bond donors (Lipinski definition) is 1. The SMILES string of the molecule is FC(F)(F)c1cc2c(NC3CC4CCC3O4)nccn2n1. The highest BCUT2D eigenvalue weighted by atomic mass is 19.4. The van der Waals surface area contributed by atoms with E-state index in [0.29, 0.717) is 11.3 Å². The molecule has 0 spiro atoms. The smallest absolute Gasteiger partial charge is 0.373 e. The number of ether oxygens (including phenoxy) is 1. The molecular weight excluding hydrogens is 285 g/mol. The molecule has 2 aliphatic rings. The van der Waals surface area contributed by atoms with Crippen molar-refractivity contribution in [3.8, 4) is 0 Å². The molecule has 2 fully saturated rings. The van der Waals surface area contributed by atoms with Crippen molar-refractivity contribution in [2.75, 3.05) is 5.32 Å². The van der Waals surface area contributed by atoms with Gasteiger partial charge in [0.2, 0.25) is 0 Å². The average molecular weight is 298 g/mol. The molecule has 21 heavy (non-hydrogen) atoms. The van der Waals surface area contributed by atoms with Gasteiger partial charge in [0.1, 0.15) is 5.52 Å². The molecule has 2 bridgehead atoms. The van der Waals surface area contributed by atoms with Crippen LogP contribution >= 0.6 is 0 Å². The van der Waals surface area contributed by atoms with Crippen LogP contribution in [0.25, 0.3) is 5.52 Å². The van der Waals surface area contributed by atoms with Crippen LogP contribution in [0.15, 0.2) is 18.5 Å². The van der Waals surface area contributed by atoms with Crippen LogP contribution in [0.1, 0.15) is 25.0 Å². The molecule has 112 valence electrons. The van der Waals surface area contributed by atoms with E-state index in [1.807, 2.05) is 0 Å². The summed E-state index contributed by atoms with van der Waals surface area (Å²) < 4.78 is 45.2. The van der Waals surface area contributed by atoms with Gasteiger partial charge in [-0.2, -0.15) is 18.3 Å². The van der Waals surface area contributed by atoms with Crippen molar-refractivity contribution in [1.29, 1.82) is 0 Å². The highest BCUT2D eigenvalue weighted by Crippen LogP contribution is 2.36. The Hall–Kier alpha value is -1.83. The summed E-state index contributed by atoms with van der Waals surface area (Å²) in [6.07, 6.45) is 1.70. The lowest BCUT2D eigenvalue weighted by Crippen LogP contribution is -2.31. The molecule has 0 radical (unpaired) electrons. The minimum absolute atomic E-state index is 0.103. The third kappa shape index (κ3) is 2.14. The van der Waals surface area contributed by atoms with Crippen molar-refractivity contribution >= 4 is 11.3 Å². The van der Waals surface area contributed by atoms with Gasteiger partial charge in [-0.15, -0.1) is 0 Å². The monoisotopic (exact) mass is 298 g/mol. The van der Waals surface area contributed by atoms with E-state index < -0.39 is 11.9 Å². The molecule has 5 nitrogen and oxygen atoms in total. The van der Waals surface area contributed by atoms with Crippen LogP contribution in [-0.2, 0) is 10.9 Å². The van der Waals surface area contributed by atoms with Gasteiger partial charge in [-0.05, 0) is 19.3 Å². The van der Waals surface area contributed by atoms with Crippen LogP contribution in [0, 0.1) is 0 Å². The van der Waals surface area contributed by atoms with Crippen LogP contribution < -0.4 is 5.32 Å². The molecule has 1 N–H and O–H groups in total. The molecule has 2 saturated heterocycles. The van der Waals surface area contributed by atoms with Gasteiger partial charge in [0.15, 0.2) is 11.5 Å². The summed E-state index contributed by atoms with van der Waals surface area (Å²) >= 11 is 0. The van der Waals surface area contributed by atoms with E-state index >= 15 is 0 Å². The van der Waals surface area contributed by atoms with E-state index in [-0.39, 0.29) is 18.2 Å².